The first-order valence-electron chi connectivity index (χ1n) is 2.89. The van der Waals surface area contributed by atoms with Crippen molar-refractivity contribution in [3.63, 3.8) is 0 Å². The summed E-state index contributed by atoms with van der Waals surface area (Å²) < 4.78 is 4.67. The number of carbonyl (C=O) groups is 2. The summed E-state index contributed by atoms with van der Waals surface area (Å²) >= 11 is 4.48. The van der Waals surface area contributed by atoms with E-state index in [2.05, 4.69) is 17.0 Å². The predicted molar refractivity (Wildman–Crippen MR) is 37.8 cm³/mol. The van der Waals surface area contributed by atoms with Crippen LogP contribution in [0.15, 0.2) is 0 Å². The van der Waals surface area contributed by atoms with Crippen LogP contribution >= 0.6 is 12.2 Å². The topological polar surface area (TPSA) is 43.4 Å². The van der Waals surface area contributed by atoms with Crippen molar-refractivity contribution in [2.45, 2.75) is 19.4 Å². The molecule has 1 saturated heterocycles. The first kappa shape index (κ1) is 7.34. The van der Waals surface area contributed by atoms with Crippen LogP contribution in [0.5, 0.6) is 0 Å². The summed E-state index contributed by atoms with van der Waals surface area (Å²) in [5.74, 6) is -0.933. The third-order valence-corrected chi connectivity index (χ3v) is 1.61. The monoisotopic (exact) mass is 158 g/mol. The van der Waals surface area contributed by atoms with E-state index in [0.717, 1.165) is 0 Å². The van der Waals surface area contributed by atoms with Gasteiger partial charge in [-0.05, 0) is 6.92 Å². The van der Waals surface area contributed by atoms with Gasteiger partial charge in [-0.1, -0.05) is 12.2 Å². The zero-order chi connectivity index (χ0) is 7.72. The summed E-state index contributed by atoms with van der Waals surface area (Å²) in [5, 5.41) is 0. The van der Waals surface area contributed by atoms with Crippen molar-refractivity contribution in [1.29, 1.82) is 0 Å². The summed E-state index contributed by atoms with van der Waals surface area (Å²) in [4.78, 5) is 21.2. The van der Waals surface area contributed by atoms with Crippen LogP contribution in [0.25, 0.3) is 0 Å². The van der Waals surface area contributed by atoms with Gasteiger partial charge in [0.1, 0.15) is 6.10 Å². The number of ketones is 1. The van der Waals surface area contributed by atoms with Crippen LogP contribution in [0, 0.1) is 0 Å². The average molecular weight is 158 g/mol. The number of Topliss-reactive ketones (excluding diaryl/α,β-unsaturated/α-hetero) is 1. The molecule has 0 spiro atoms. The van der Waals surface area contributed by atoms with Gasteiger partial charge < -0.3 is 4.74 Å². The van der Waals surface area contributed by atoms with Crippen LogP contribution in [0.2, 0.25) is 0 Å². The number of carbonyl (C=O) groups excluding carboxylic acids is 2. The van der Waals surface area contributed by atoms with Crippen LogP contribution in [-0.4, -0.2) is 22.7 Å². The second-order valence-electron chi connectivity index (χ2n) is 2.17. The lowest BCUT2D eigenvalue weighted by molar-refractivity contribution is -0.144. The molecule has 1 aliphatic heterocycles. The minimum Gasteiger partial charge on any atom is -0.458 e. The highest BCUT2D eigenvalue weighted by atomic mass is 32.1. The van der Waals surface area contributed by atoms with Crippen LogP contribution < -0.4 is 0 Å². The summed E-state index contributed by atoms with van der Waals surface area (Å²) in [7, 11) is 0. The number of thiocarbonyl (C=S) groups is 1. The van der Waals surface area contributed by atoms with Gasteiger partial charge in [-0.25, -0.2) is 4.79 Å². The van der Waals surface area contributed by atoms with Gasteiger partial charge in [-0.3, -0.25) is 4.79 Å². The molecular formula is C6H6O3S. The number of rotatable bonds is 0. The van der Waals surface area contributed by atoms with Crippen molar-refractivity contribution in [2.24, 2.45) is 0 Å². The van der Waals surface area contributed by atoms with Crippen molar-refractivity contribution >= 4 is 28.8 Å². The van der Waals surface area contributed by atoms with Gasteiger partial charge in [-0.2, -0.15) is 0 Å². The normalized spacial score (nSPS) is 26.5. The first-order valence-corrected chi connectivity index (χ1v) is 3.30. The fraction of sp³-hybridized carbons (Fsp3) is 0.500. The highest BCUT2D eigenvalue weighted by molar-refractivity contribution is 7.84. The molecule has 10 heavy (non-hydrogen) atoms. The number of ether oxygens (including phenoxy) is 1. The fourth-order valence-corrected chi connectivity index (χ4v) is 0.877. The van der Waals surface area contributed by atoms with Gasteiger partial charge in [0.25, 0.3) is 0 Å². The van der Waals surface area contributed by atoms with Crippen molar-refractivity contribution in [1.82, 2.24) is 0 Å². The zero-order valence-corrected chi connectivity index (χ0v) is 6.23. The predicted octanol–water partition coefficient (Wildman–Crippen LogP) is 0.261. The smallest absolute Gasteiger partial charge is 0.353 e. The Balaban J connectivity index is 2.76. The molecule has 0 saturated carbocycles. The van der Waals surface area contributed by atoms with Gasteiger partial charge >= 0.3 is 5.97 Å². The molecule has 3 nitrogen and oxygen atoms in total. The van der Waals surface area contributed by atoms with E-state index in [9.17, 15) is 9.59 Å². The van der Waals surface area contributed by atoms with Gasteiger partial charge in [0.05, 0.1) is 0 Å². The lowest BCUT2D eigenvalue weighted by Crippen LogP contribution is -2.35. The molecule has 0 amide bonds. The molecule has 1 rings (SSSR count). The molecule has 1 atom stereocenters. The molecule has 54 valence electrons. The van der Waals surface area contributed by atoms with Gasteiger partial charge in [0, 0.05) is 6.42 Å². The molecule has 0 bridgehead atoms. The van der Waals surface area contributed by atoms with Crippen LogP contribution in [-0.2, 0) is 14.3 Å². The second kappa shape index (κ2) is 2.46. The maximum Gasteiger partial charge on any atom is 0.353 e. The Morgan fingerprint density at radius 1 is 1.60 bits per heavy atom. The Hall–Kier alpha value is -0.770. The Kier molecular flexibility index (Phi) is 1.80. The number of hydrogen-bond acceptors (Lipinski definition) is 4. The molecule has 0 aromatic rings. The van der Waals surface area contributed by atoms with E-state index in [-0.39, 0.29) is 23.2 Å². The average Bonchev–Trinajstić information content (AvgIpc) is 1.82. The highest BCUT2D eigenvalue weighted by Gasteiger charge is 2.29. The molecule has 0 radical (unpaired) electrons. The van der Waals surface area contributed by atoms with Gasteiger partial charge in [0.2, 0.25) is 0 Å². The minimum absolute atomic E-state index is 0.196. The molecule has 0 unspecified atom stereocenters. The Labute approximate surface area is 63.4 Å². The quantitative estimate of drug-likeness (QED) is 0.374. The number of cyclic esters (lactones) is 1. The van der Waals surface area contributed by atoms with Crippen molar-refractivity contribution in [3.8, 4) is 0 Å². The number of esters is 1. The molecule has 0 aromatic heterocycles. The third-order valence-electron chi connectivity index (χ3n) is 1.22. The van der Waals surface area contributed by atoms with E-state index in [0.29, 0.717) is 0 Å². The van der Waals surface area contributed by atoms with E-state index < -0.39 is 5.97 Å². The fourth-order valence-electron chi connectivity index (χ4n) is 0.746. The lowest BCUT2D eigenvalue weighted by Gasteiger charge is -2.17. The lowest BCUT2D eigenvalue weighted by atomic mass is 10.1. The highest BCUT2D eigenvalue weighted by Crippen LogP contribution is 2.08. The molecule has 4 heteroatoms. The summed E-state index contributed by atoms with van der Waals surface area (Å²) in [6, 6.07) is 0. The summed E-state index contributed by atoms with van der Waals surface area (Å²) in [5.41, 5.74) is 0. The van der Waals surface area contributed by atoms with Crippen LogP contribution in [0.3, 0.4) is 0 Å². The van der Waals surface area contributed by atoms with Crippen molar-refractivity contribution < 1.29 is 14.3 Å². The second-order valence-corrected chi connectivity index (χ2v) is 2.58. The van der Waals surface area contributed by atoms with E-state index in [1.165, 1.54) is 0 Å². The maximum atomic E-state index is 10.8. The summed E-state index contributed by atoms with van der Waals surface area (Å²) in [6.07, 6.45) is -0.0865. The van der Waals surface area contributed by atoms with Crippen molar-refractivity contribution in [2.75, 3.05) is 0 Å². The van der Waals surface area contributed by atoms with Gasteiger partial charge in [0.15, 0.2) is 10.6 Å². The van der Waals surface area contributed by atoms with Crippen molar-refractivity contribution in [3.05, 3.63) is 0 Å². The van der Waals surface area contributed by atoms with Gasteiger partial charge in [-0.15, -0.1) is 0 Å². The van der Waals surface area contributed by atoms with E-state index in [4.69, 9.17) is 0 Å². The molecule has 1 fully saturated rings. The Morgan fingerprint density at radius 3 is 2.70 bits per heavy atom. The molecule has 1 aliphatic rings. The van der Waals surface area contributed by atoms with Crippen LogP contribution in [0.1, 0.15) is 13.3 Å². The molecule has 0 aliphatic carbocycles. The molecular weight excluding hydrogens is 152 g/mol. The molecule has 0 N–H and O–H groups in total. The third kappa shape index (κ3) is 1.21. The van der Waals surface area contributed by atoms with Crippen LogP contribution in [0.4, 0.5) is 0 Å². The Morgan fingerprint density at radius 2 is 2.20 bits per heavy atom. The van der Waals surface area contributed by atoms with E-state index >= 15 is 0 Å². The minimum atomic E-state index is -0.654. The zero-order valence-electron chi connectivity index (χ0n) is 5.42. The van der Waals surface area contributed by atoms with E-state index in [1.807, 2.05) is 0 Å². The van der Waals surface area contributed by atoms with E-state index in [1.54, 1.807) is 6.92 Å². The molecule has 0 aromatic carbocycles. The Bertz CT molecular complexity index is 189. The summed E-state index contributed by atoms with van der Waals surface area (Å²) in [6.45, 7) is 1.66. The largest absolute Gasteiger partial charge is 0.458 e. The standard InChI is InChI=1S/C6H6O3S/c1-3-2-4(7)5(10)6(8)9-3/h3H,2H2,1H3/t3-/m0/s1. The number of hydrogen-bond donors (Lipinski definition) is 0. The molecule has 1 heterocycles. The first-order chi connectivity index (χ1) is 4.61. The SMILES string of the molecule is C[C@H]1CC(=O)C(=S)C(=O)O1. The maximum absolute atomic E-state index is 10.8.